The van der Waals surface area contributed by atoms with E-state index >= 15 is 0 Å². The van der Waals surface area contributed by atoms with Gasteiger partial charge in [0.1, 0.15) is 0 Å². The molecule has 1 aliphatic rings. The maximum atomic E-state index is 9.10. The molecule has 4 heteroatoms. The molecule has 0 aromatic carbocycles. The van der Waals surface area contributed by atoms with Crippen LogP contribution in [-0.2, 0) is 0 Å². The Bertz CT molecular complexity index is 185. The van der Waals surface area contributed by atoms with Gasteiger partial charge in [-0.3, -0.25) is 0 Å². The first-order chi connectivity index (χ1) is 7.67. The van der Waals surface area contributed by atoms with E-state index in [4.69, 9.17) is 5.11 Å². The Morgan fingerprint density at radius 3 is 2.88 bits per heavy atom. The number of hydrogen-bond acceptors (Lipinski definition) is 4. The summed E-state index contributed by atoms with van der Waals surface area (Å²) in [5.74, 6) is 0. The molecule has 0 aromatic rings. The van der Waals surface area contributed by atoms with Crippen LogP contribution in [-0.4, -0.2) is 74.4 Å². The Hall–Kier alpha value is -0.160. The van der Waals surface area contributed by atoms with Crippen LogP contribution in [0.3, 0.4) is 0 Å². The van der Waals surface area contributed by atoms with Gasteiger partial charge in [-0.05, 0) is 53.5 Å². The van der Waals surface area contributed by atoms with E-state index in [0.717, 1.165) is 13.0 Å². The van der Waals surface area contributed by atoms with Crippen LogP contribution in [0.2, 0.25) is 0 Å². The van der Waals surface area contributed by atoms with Crippen molar-refractivity contribution >= 4 is 0 Å². The molecule has 4 nitrogen and oxygen atoms in total. The van der Waals surface area contributed by atoms with Gasteiger partial charge in [0.15, 0.2) is 0 Å². The summed E-state index contributed by atoms with van der Waals surface area (Å²) >= 11 is 0. The molecular formula is C12H27N3O. The van der Waals surface area contributed by atoms with Crippen molar-refractivity contribution in [2.24, 2.45) is 0 Å². The van der Waals surface area contributed by atoms with Gasteiger partial charge >= 0.3 is 0 Å². The lowest BCUT2D eigenvalue weighted by atomic mass is 10.0. The minimum atomic E-state index is 0.231. The average Bonchev–Trinajstić information content (AvgIpc) is 2.30. The normalized spacial score (nSPS) is 24.9. The highest BCUT2D eigenvalue weighted by molar-refractivity contribution is 4.78. The first-order valence-corrected chi connectivity index (χ1v) is 6.34. The van der Waals surface area contributed by atoms with Gasteiger partial charge in [-0.15, -0.1) is 0 Å². The Kier molecular flexibility index (Phi) is 6.28. The highest BCUT2D eigenvalue weighted by Gasteiger charge is 2.21. The lowest BCUT2D eigenvalue weighted by Gasteiger charge is -2.36. The fourth-order valence-corrected chi connectivity index (χ4v) is 2.37. The van der Waals surface area contributed by atoms with Gasteiger partial charge < -0.3 is 20.2 Å². The number of hydrogen-bond donors (Lipinski definition) is 2. The van der Waals surface area contributed by atoms with Crippen molar-refractivity contribution in [1.29, 1.82) is 0 Å². The highest BCUT2D eigenvalue weighted by Crippen LogP contribution is 2.13. The van der Waals surface area contributed by atoms with E-state index in [0.29, 0.717) is 6.04 Å². The third kappa shape index (κ3) is 4.37. The van der Waals surface area contributed by atoms with Gasteiger partial charge in [0.05, 0.1) is 6.61 Å². The molecule has 0 bridgehead atoms. The van der Waals surface area contributed by atoms with E-state index in [2.05, 4.69) is 29.2 Å². The van der Waals surface area contributed by atoms with E-state index < -0.39 is 0 Å². The van der Waals surface area contributed by atoms with Gasteiger partial charge in [0.25, 0.3) is 0 Å². The number of likely N-dealkylation sites (tertiary alicyclic amines) is 1. The monoisotopic (exact) mass is 229 g/mol. The number of aliphatic hydroxyl groups is 1. The van der Waals surface area contributed by atoms with Gasteiger partial charge in [0.2, 0.25) is 0 Å². The van der Waals surface area contributed by atoms with Crippen LogP contribution < -0.4 is 5.32 Å². The molecule has 1 heterocycles. The zero-order chi connectivity index (χ0) is 12.0. The zero-order valence-electron chi connectivity index (χ0n) is 10.9. The first kappa shape index (κ1) is 13.9. The minimum Gasteiger partial charge on any atom is -0.395 e. The van der Waals surface area contributed by atoms with Crippen molar-refractivity contribution in [2.75, 3.05) is 47.4 Å². The zero-order valence-corrected chi connectivity index (χ0v) is 10.9. The average molecular weight is 229 g/mol. The molecule has 0 amide bonds. The van der Waals surface area contributed by atoms with Crippen LogP contribution >= 0.6 is 0 Å². The smallest absolute Gasteiger partial charge is 0.0585 e. The summed E-state index contributed by atoms with van der Waals surface area (Å²) < 4.78 is 0. The summed E-state index contributed by atoms with van der Waals surface area (Å²) in [5.41, 5.74) is 0. The number of likely N-dealkylation sites (N-methyl/N-ethyl adjacent to an activating group) is 3. The van der Waals surface area contributed by atoms with Crippen molar-refractivity contribution in [2.45, 2.75) is 31.3 Å². The third-order valence-electron chi connectivity index (χ3n) is 3.68. The van der Waals surface area contributed by atoms with Gasteiger partial charge in [0, 0.05) is 18.6 Å². The molecule has 0 radical (unpaired) electrons. The number of nitrogens with zero attached hydrogens (tertiary/aromatic N) is 2. The molecule has 1 aliphatic heterocycles. The molecule has 0 saturated carbocycles. The second-order valence-corrected chi connectivity index (χ2v) is 5.00. The minimum absolute atomic E-state index is 0.231. The highest BCUT2D eigenvalue weighted by atomic mass is 16.3. The van der Waals surface area contributed by atoms with E-state index in [1.165, 1.54) is 25.9 Å². The SMILES string of the molecule is CNC(CO)CCN(C)C1CCCN(C)C1. The standard InChI is InChI=1S/C12H27N3O/c1-13-11(10-16)6-8-15(3)12-5-4-7-14(2)9-12/h11-13,16H,4-10H2,1-3H3. The molecule has 0 spiro atoms. The van der Waals surface area contributed by atoms with E-state index in [1.807, 2.05) is 7.05 Å². The fraction of sp³-hybridized carbons (Fsp3) is 1.00. The molecule has 0 aromatic heterocycles. The molecule has 1 fully saturated rings. The molecule has 1 saturated heterocycles. The second kappa shape index (κ2) is 7.22. The summed E-state index contributed by atoms with van der Waals surface area (Å²) in [6.45, 7) is 3.71. The van der Waals surface area contributed by atoms with Gasteiger partial charge in [-0.1, -0.05) is 0 Å². The molecule has 16 heavy (non-hydrogen) atoms. The van der Waals surface area contributed by atoms with E-state index in [-0.39, 0.29) is 12.6 Å². The predicted molar refractivity (Wildman–Crippen MR) is 67.7 cm³/mol. The summed E-state index contributed by atoms with van der Waals surface area (Å²) in [6.07, 6.45) is 3.63. The molecule has 1 rings (SSSR count). The fourth-order valence-electron chi connectivity index (χ4n) is 2.37. The molecule has 2 unspecified atom stereocenters. The Morgan fingerprint density at radius 2 is 2.31 bits per heavy atom. The second-order valence-electron chi connectivity index (χ2n) is 5.00. The lowest BCUT2D eigenvalue weighted by Crippen LogP contribution is -2.46. The Labute approximate surface area is 99.6 Å². The summed E-state index contributed by atoms with van der Waals surface area (Å²) in [5, 5.41) is 12.2. The van der Waals surface area contributed by atoms with Crippen LogP contribution in [0.15, 0.2) is 0 Å². The molecule has 2 atom stereocenters. The number of aliphatic hydroxyl groups excluding tert-OH is 1. The maximum absolute atomic E-state index is 9.10. The third-order valence-corrected chi connectivity index (χ3v) is 3.68. The summed E-state index contributed by atoms with van der Waals surface area (Å²) in [7, 11) is 6.31. The predicted octanol–water partition coefficient (Wildman–Crippen LogP) is -0.0172. The lowest BCUT2D eigenvalue weighted by molar-refractivity contribution is 0.126. The molecule has 0 aliphatic carbocycles. The topological polar surface area (TPSA) is 38.7 Å². The van der Waals surface area contributed by atoms with Crippen molar-refractivity contribution in [3.63, 3.8) is 0 Å². The van der Waals surface area contributed by atoms with Crippen molar-refractivity contribution in [3.05, 3.63) is 0 Å². The number of piperidine rings is 1. The molecular weight excluding hydrogens is 202 g/mol. The van der Waals surface area contributed by atoms with E-state index in [1.54, 1.807) is 0 Å². The van der Waals surface area contributed by atoms with Crippen molar-refractivity contribution in [3.8, 4) is 0 Å². The van der Waals surface area contributed by atoms with Crippen molar-refractivity contribution in [1.82, 2.24) is 15.1 Å². The summed E-state index contributed by atoms with van der Waals surface area (Å²) in [4.78, 5) is 4.85. The maximum Gasteiger partial charge on any atom is 0.0585 e. The van der Waals surface area contributed by atoms with Gasteiger partial charge in [-0.2, -0.15) is 0 Å². The van der Waals surface area contributed by atoms with E-state index in [9.17, 15) is 0 Å². The van der Waals surface area contributed by atoms with Gasteiger partial charge in [-0.25, -0.2) is 0 Å². The molecule has 96 valence electrons. The largest absolute Gasteiger partial charge is 0.395 e. The number of nitrogens with one attached hydrogen (secondary N) is 1. The van der Waals surface area contributed by atoms with Crippen LogP contribution in [0.4, 0.5) is 0 Å². The first-order valence-electron chi connectivity index (χ1n) is 6.34. The Balaban J connectivity index is 2.25. The number of rotatable bonds is 6. The van der Waals surface area contributed by atoms with Crippen LogP contribution in [0, 0.1) is 0 Å². The summed E-state index contributed by atoms with van der Waals surface area (Å²) in [6, 6.07) is 0.929. The Morgan fingerprint density at radius 1 is 1.56 bits per heavy atom. The van der Waals surface area contributed by atoms with Crippen LogP contribution in [0.25, 0.3) is 0 Å². The quantitative estimate of drug-likeness (QED) is 0.671. The van der Waals surface area contributed by atoms with Crippen LogP contribution in [0.1, 0.15) is 19.3 Å². The van der Waals surface area contributed by atoms with Crippen LogP contribution in [0.5, 0.6) is 0 Å². The van der Waals surface area contributed by atoms with Crippen molar-refractivity contribution < 1.29 is 5.11 Å². The molecule has 2 N–H and O–H groups in total.